The first-order chi connectivity index (χ1) is 11.5. The number of piperidine rings is 1. The van der Waals surface area contributed by atoms with E-state index in [-0.39, 0.29) is 11.3 Å². The monoisotopic (exact) mass is 353 g/mol. The fourth-order valence-corrected chi connectivity index (χ4v) is 3.71. The fraction of sp³-hybridized carbons (Fsp3) is 0.353. The molecule has 0 bridgehead atoms. The van der Waals surface area contributed by atoms with E-state index in [1.54, 1.807) is 30.3 Å². The zero-order chi connectivity index (χ0) is 17.2. The van der Waals surface area contributed by atoms with Gasteiger partial charge in [0.2, 0.25) is 0 Å². The average Bonchev–Trinajstić information content (AvgIpc) is 3.00. The molecule has 1 fully saturated rings. The number of thiophene rings is 1. The van der Waals surface area contributed by atoms with Gasteiger partial charge in [0.25, 0.3) is 0 Å². The predicted octanol–water partition coefficient (Wildman–Crippen LogP) is 4.87. The van der Waals surface area contributed by atoms with E-state index in [1.165, 1.54) is 5.38 Å². The van der Waals surface area contributed by atoms with Crippen LogP contribution in [0.15, 0.2) is 40.7 Å². The van der Waals surface area contributed by atoms with Crippen LogP contribution in [-0.4, -0.2) is 23.9 Å². The second kappa shape index (κ2) is 6.84. The summed E-state index contributed by atoms with van der Waals surface area (Å²) < 4.78 is 40.1. The molecular weight excluding hydrogens is 335 g/mol. The molecule has 1 saturated heterocycles. The topological polar surface area (TPSA) is 41.6 Å². The smallest absolute Gasteiger partial charge is 0.369 e. The maximum atomic E-state index is 13.4. The van der Waals surface area contributed by atoms with Gasteiger partial charge < -0.3 is 10.6 Å². The van der Waals surface area contributed by atoms with E-state index in [2.05, 4.69) is 4.99 Å². The van der Waals surface area contributed by atoms with Crippen molar-refractivity contribution in [3.63, 3.8) is 0 Å². The number of halogens is 3. The number of alkyl halides is 3. The first-order valence-corrected chi connectivity index (χ1v) is 8.68. The normalized spacial score (nSPS) is 16.5. The molecule has 24 heavy (non-hydrogen) atoms. The molecule has 0 unspecified atom stereocenters. The number of likely N-dealkylation sites (tertiary alicyclic amines) is 1. The highest BCUT2D eigenvalue weighted by atomic mass is 32.1. The van der Waals surface area contributed by atoms with Gasteiger partial charge in [-0.05, 0) is 24.8 Å². The van der Waals surface area contributed by atoms with Gasteiger partial charge in [0.1, 0.15) is 4.88 Å². The summed E-state index contributed by atoms with van der Waals surface area (Å²) in [7, 11) is 0. The number of rotatable bonds is 2. The molecule has 7 heteroatoms. The molecule has 0 saturated carbocycles. The second-order valence-corrected chi connectivity index (χ2v) is 6.59. The highest BCUT2D eigenvalue weighted by Crippen LogP contribution is 2.46. The van der Waals surface area contributed by atoms with E-state index in [1.807, 2.05) is 4.90 Å². The molecule has 0 atom stereocenters. The first kappa shape index (κ1) is 16.8. The Bertz CT molecular complexity index is 716. The minimum Gasteiger partial charge on any atom is -0.369 e. The Morgan fingerprint density at radius 3 is 2.38 bits per heavy atom. The Morgan fingerprint density at radius 1 is 1.08 bits per heavy atom. The van der Waals surface area contributed by atoms with Crippen molar-refractivity contribution in [2.45, 2.75) is 25.4 Å². The number of aliphatic imine (C=N–C) groups is 1. The Balaban J connectivity index is 2.03. The molecule has 3 nitrogen and oxygen atoms in total. The minimum absolute atomic E-state index is 0.105. The summed E-state index contributed by atoms with van der Waals surface area (Å²) in [5, 5.41) is 1.43. The summed E-state index contributed by atoms with van der Waals surface area (Å²) in [4.78, 5) is 5.62. The number of nitrogens with zero attached hydrogens (tertiary/aromatic N) is 2. The van der Waals surface area contributed by atoms with Crippen LogP contribution in [0.5, 0.6) is 0 Å². The SMILES string of the molecule is NC(=Nc1csc(C(F)(F)F)c1-c1ccccc1)N1CCCCC1. The highest BCUT2D eigenvalue weighted by Gasteiger charge is 2.37. The van der Waals surface area contributed by atoms with Crippen LogP contribution in [0.1, 0.15) is 24.1 Å². The lowest BCUT2D eigenvalue weighted by atomic mass is 10.1. The number of hydrogen-bond donors (Lipinski definition) is 1. The lowest BCUT2D eigenvalue weighted by Gasteiger charge is -2.27. The third kappa shape index (κ3) is 3.56. The highest BCUT2D eigenvalue weighted by molar-refractivity contribution is 7.11. The lowest BCUT2D eigenvalue weighted by molar-refractivity contribution is -0.133. The van der Waals surface area contributed by atoms with E-state index >= 15 is 0 Å². The molecule has 0 aliphatic carbocycles. The van der Waals surface area contributed by atoms with Crippen molar-refractivity contribution in [3.05, 3.63) is 40.6 Å². The molecule has 1 aromatic heterocycles. The molecule has 2 aromatic rings. The van der Waals surface area contributed by atoms with Gasteiger partial charge >= 0.3 is 6.18 Å². The maximum absolute atomic E-state index is 13.4. The van der Waals surface area contributed by atoms with Gasteiger partial charge in [0.05, 0.1) is 5.69 Å². The molecule has 3 rings (SSSR count). The van der Waals surface area contributed by atoms with Crippen molar-refractivity contribution in [1.29, 1.82) is 0 Å². The first-order valence-electron chi connectivity index (χ1n) is 7.80. The van der Waals surface area contributed by atoms with Crippen molar-refractivity contribution in [3.8, 4) is 11.1 Å². The van der Waals surface area contributed by atoms with E-state index in [0.717, 1.165) is 32.4 Å². The zero-order valence-corrected chi connectivity index (χ0v) is 13.8. The van der Waals surface area contributed by atoms with Crippen molar-refractivity contribution < 1.29 is 13.2 Å². The Kier molecular flexibility index (Phi) is 4.80. The Hall–Kier alpha value is -2.02. The van der Waals surface area contributed by atoms with Gasteiger partial charge in [-0.25, -0.2) is 4.99 Å². The number of nitrogens with two attached hydrogens (primary N) is 1. The minimum atomic E-state index is -4.41. The predicted molar refractivity (Wildman–Crippen MR) is 91.5 cm³/mol. The van der Waals surface area contributed by atoms with Crippen LogP contribution >= 0.6 is 11.3 Å². The third-order valence-corrected chi connectivity index (χ3v) is 5.02. The van der Waals surface area contributed by atoms with Crippen LogP contribution in [0.25, 0.3) is 11.1 Å². The van der Waals surface area contributed by atoms with E-state index < -0.39 is 11.1 Å². The number of benzene rings is 1. The van der Waals surface area contributed by atoms with Gasteiger partial charge in [0, 0.05) is 24.0 Å². The van der Waals surface area contributed by atoms with Gasteiger partial charge in [-0.15, -0.1) is 11.3 Å². The van der Waals surface area contributed by atoms with Gasteiger partial charge in [-0.1, -0.05) is 30.3 Å². The second-order valence-electron chi connectivity index (χ2n) is 5.71. The summed E-state index contributed by atoms with van der Waals surface area (Å²) in [5.41, 5.74) is 6.93. The third-order valence-electron chi connectivity index (χ3n) is 4.01. The van der Waals surface area contributed by atoms with Crippen LogP contribution < -0.4 is 5.73 Å². The van der Waals surface area contributed by atoms with Crippen LogP contribution in [-0.2, 0) is 6.18 Å². The van der Waals surface area contributed by atoms with Crippen molar-refractivity contribution in [2.75, 3.05) is 13.1 Å². The van der Waals surface area contributed by atoms with Crippen LogP contribution in [0, 0.1) is 0 Å². The molecular formula is C17H18F3N3S. The largest absolute Gasteiger partial charge is 0.426 e. The number of hydrogen-bond acceptors (Lipinski definition) is 2. The lowest BCUT2D eigenvalue weighted by Crippen LogP contribution is -2.40. The molecule has 1 aromatic carbocycles. The summed E-state index contributed by atoms with van der Waals surface area (Å²) in [5.74, 6) is 0.290. The van der Waals surface area contributed by atoms with Gasteiger partial charge in [-0.2, -0.15) is 13.2 Å². The van der Waals surface area contributed by atoms with Crippen molar-refractivity contribution >= 4 is 23.0 Å². The van der Waals surface area contributed by atoms with Crippen LogP contribution in [0.4, 0.5) is 18.9 Å². The van der Waals surface area contributed by atoms with Gasteiger partial charge in [-0.3, -0.25) is 0 Å². The molecule has 0 spiro atoms. The van der Waals surface area contributed by atoms with Crippen LogP contribution in [0.3, 0.4) is 0 Å². The van der Waals surface area contributed by atoms with Crippen molar-refractivity contribution in [2.24, 2.45) is 10.7 Å². The molecule has 128 valence electrons. The Morgan fingerprint density at radius 2 is 1.75 bits per heavy atom. The fourth-order valence-electron chi connectivity index (χ4n) is 2.84. The summed E-state index contributed by atoms with van der Waals surface area (Å²) >= 11 is 0.660. The van der Waals surface area contributed by atoms with E-state index in [4.69, 9.17) is 5.73 Å². The summed E-state index contributed by atoms with van der Waals surface area (Å²) in [6.07, 6.45) is -1.21. The van der Waals surface area contributed by atoms with Crippen molar-refractivity contribution in [1.82, 2.24) is 4.90 Å². The summed E-state index contributed by atoms with van der Waals surface area (Å²) in [6, 6.07) is 8.53. The van der Waals surface area contributed by atoms with E-state index in [9.17, 15) is 13.2 Å². The quantitative estimate of drug-likeness (QED) is 0.618. The standard InChI is InChI=1S/C17H18F3N3S/c18-17(19,20)15-14(12-7-3-1-4-8-12)13(11-24-15)22-16(21)23-9-5-2-6-10-23/h1,3-4,7-8,11H,2,5-6,9-10H2,(H2,21,22). The number of guanidine groups is 1. The average molecular weight is 353 g/mol. The molecule has 2 heterocycles. The maximum Gasteiger partial charge on any atom is 0.426 e. The Labute approximate surface area is 142 Å². The molecule has 0 radical (unpaired) electrons. The van der Waals surface area contributed by atoms with Gasteiger partial charge in [0.15, 0.2) is 5.96 Å². The zero-order valence-electron chi connectivity index (χ0n) is 13.0. The molecule has 0 amide bonds. The molecule has 2 N–H and O–H groups in total. The van der Waals surface area contributed by atoms with Crippen LogP contribution in [0.2, 0.25) is 0 Å². The molecule has 1 aliphatic heterocycles. The van der Waals surface area contributed by atoms with E-state index in [0.29, 0.717) is 22.9 Å². The summed E-state index contributed by atoms with van der Waals surface area (Å²) in [6.45, 7) is 1.60. The molecule has 1 aliphatic rings.